The highest BCUT2D eigenvalue weighted by atomic mass is 127. The third kappa shape index (κ3) is 5.01. The molecule has 2 atom stereocenters. The van der Waals surface area contributed by atoms with E-state index in [0.29, 0.717) is 19.0 Å². The van der Waals surface area contributed by atoms with Gasteiger partial charge in [-0.2, -0.15) is 0 Å². The Morgan fingerprint density at radius 1 is 1.37 bits per heavy atom. The lowest BCUT2D eigenvalue weighted by Gasteiger charge is -2.37. The van der Waals surface area contributed by atoms with Crippen LogP contribution in [0.25, 0.3) is 10.8 Å². The third-order valence-corrected chi connectivity index (χ3v) is 5.55. The second-order valence-corrected chi connectivity index (χ2v) is 7.38. The maximum Gasteiger partial charge on any atom is 0.236 e. The number of morpholine rings is 1. The second-order valence-electron chi connectivity index (χ2n) is 6.43. The number of nitrogens with one attached hydrogen (secondary N) is 1. The quantitative estimate of drug-likeness (QED) is 0.392. The number of ether oxygens (including phenoxy) is 2. The molecule has 148 valence electrons. The fourth-order valence-corrected chi connectivity index (χ4v) is 4.05. The summed E-state index contributed by atoms with van der Waals surface area (Å²) in [6.45, 7) is 3.73. The second kappa shape index (κ2) is 9.85. The van der Waals surface area contributed by atoms with Gasteiger partial charge in [0.05, 0.1) is 29.8 Å². The van der Waals surface area contributed by atoms with E-state index < -0.39 is 0 Å². The van der Waals surface area contributed by atoms with Gasteiger partial charge in [-0.05, 0) is 24.3 Å². The summed E-state index contributed by atoms with van der Waals surface area (Å²) in [6, 6.07) is 4.00. The molecular formula is C18H25IN4O3S. The number of halogens is 1. The van der Waals surface area contributed by atoms with Crippen LogP contribution in [-0.2, 0) is 16.0 Å². The van der Waals surface area contributed by atoms with Crippen molar-refractivity contribution in [3.8, 4) is 10.8 Å². The highest BCUT2D eigenvalue weighted by Crippen LogP contribution is 2.24. The largest absolute Gasteiger partial charge is 0.443 e. The van der Waals surface area contributed by atoms with Gasteiger partial charge in [0, 0.05) is 26.7 Å². The Labute approximate surface area is 180 Å². The number of guanidine groups is 1. The summed E-state index contributed by atoms with van der Waals surface area (Å²) in [5, 5.41) is 5.40. The van der Waals surface area contributed by atoms with Crippen molar-refractivity contribution in [2.75, 3.05) is 33.4 Å². The van der Waals surface area contributed by atoms with Crippen LogP contribution >= 0.6 is 35.3 Å². The first-order chi connectivity index (χ1) is 12.8. The lowest BCUT2D eigenvalue weighted by Crippen LogP contribution is -2.53. The van der Waals surface area contributed by atoms with Crippen molar-refractivity contribution in [2.24, 2.45) is 4.99 Å². The van der Waals surface area contributed by atoms with Crippen LogP contribution < -0.4 is 5.32 Å². The van der Waals surface area contributed by atoms with Crippen LogP contribution in [0.1, 0.15) is 18.5 Å². The SMILES string of the molecule is CN=C(NCc1coc(-c2cccs2)n1)N1CCOC(C2CCCO2)C1.I. The summed E-state index contributed by atoms with van der Waals surface area (Å²) in [5.41, 5.74) is 0.860. The smallest absolute Gasteiger partial charge is 0.236 e. The molecule has 0 aliphatic carbocycles. The molecule has 2 aliphatic rings. The van der Waals surface area contributed by atoms with Crippen LogP contribution in [0.4, 0.5) is 0 Å². The number of rotatable bonds is 4. The van der Waals surface area contributed by atoms with E-state index in [2.05, 4.69) is 20.2 Å². The van der Waals surface area contributed by atoms with Gasteiger partial charge >= 0.3 is 0 Å². The van der Waals surface area contributed by atoms with Gasteiger partial charge in [-0.3, -0.25) is 4.99 Å². The highest BCUT2D eigenvalue weighted by Gasteiger charge is 2.32. The molecule has 1 N–H and O–H groups in total. The summed E-state index contributed by atoms with van der Waals surface area (Å²) in [7, 11) is 1.80. The number of aromatic nitrogens is 1. The first kappa shape index (κ1) is 20.6. The van der Waals surface area contributed by atoms with E-state index in [-0.39, 0.29) is 36.2 Å². The fourth-order valence-electron chi connectivity index (χ4n) is 3.39. The molecule has 2 aromatic heterocycles. The average molecular weight is 504 g/mol. The van der Waals surface area contributed by atoms with Crippen molar-refractivity contribution in [2.45, 2.75) is 31.6 Å². The van der Waals surface area contributed by atoms with Gasteiger partial charge in [-0.15, -0.1) is 35.3 Å². The number of oxazole rings is 1. The van der Waals surface area contributed by atoms with E-state index in [1.807, 2.05) is 17.5 Å². The van der Waals surface area contributed by atoms with E-state index in [9.17, 15) is 0 Å². The lowest BCUT2D eigenvalue weighted by molar-refractivity contribution is -0.0817. The van der Waals surface area contributed by atoms with Crippen molar-refractivity contribution >= 4 is 41.3 Å². The van der Waals surface area contributed by atoms with Crippen molar-refractivity contribution < 1.29 is 13.9 Å². The van der Waals surface area contributed by atoms with Crippen LogP contribution in [0.15, 0.2) is 33.2 Å². The minimum Gasteiger partial charge on any atom is -0.443 e. The molecule has 2 aliphatic heterocycles. The molecule has 0 aromatic carbocycles. The van der Waals surface area contributed by atoms with Gasteiger partial charge < -0.3 is 24.1 Å². The summed E-state index contributed by atoms with van der Waals surface area (Å²) in [6.07, 6.45) is 4.22. The molecule has 2 saturated heterocycles. The molecule has 2 aromatic rings. The summed E-state index contributed by atoms with van der Waals surface area (Å²) >= 11 is 1.62. The zero-order valence-electron chi connectivity index (χ0n) is 15.3. The van der Waals surface area contributed by atoms with Gasteiger partial charge in [0.25, 0.3) is 0 Å². The van der Waals surface area contributed by atoms with Gasteiger partial charge in [-0.1, -0.05) is 6.07 Å². The van der Waals surface area contributed by atoms with Gasteiger partial charge in [0.2, 0.25) is 5.89 Å². The van der Waals surface area contributed by atoms with Crippen LogP contribution in [0.5, 0.6) is 0 Å². The Hall–Kier alpha value is -1.17. The Bertz CT molecular complexity index is 731. The predicted molar refractivity (Wildman–Crippen MR) is 116 cm³/mol. The molecule has 2 fully saturated rings. The molecule has 0 radical (unpaired) electrons. The summed E-state index contributed by atoms with van der Waals surface area (Å²) in [4.78, 5) is 12.2. The van der Waals surface area contributed by atoms with E-state index in [0.717, 1.165) is 49.1 Å². The molecule has 2 unspecified atom stereocenters. The number of thiophene rings is 1. The fraction of sp³-hybridized carbons (Fsp3) is 0.556. The monoisotopic (exact) mass is 504 g/mol. The summed E-state index contributed by atoms with van der Waals surface area (Å²) < 4.78 is 17.3. The third-order valence-electron chi connectivity index (χ3n) is 4.70. The van der Waals surface area contributed by atoms with Crippen LogP contribution in [0.2, 0.25) is 0 Å². The van der Waals surface area contributed by atoms with Gasteiger partial charge in [-0.25, -0.2) is 4.98 Å². The first-order valence-corrected chi connectivity index (χ1v) is 9.88. The van der Waals surface area contributed by atoms with Crippen molar-refractivity contribution in [1.82, 2.24) is 15.2 Å². The molecule has 27 heavy (non-hydrogen) atoms. The van der Waals surface area contributed by atoms with Crippen molar-refractivity contribution in [3.05, 3.63) is 29.5 Å². The Balaban J connectivity index is 0.00000210. The number of nitrogens with zero attached hydrogens (tertiary/aromatic N) is 3. The Kier molecular flexibility index (Phi) is 7.50. The number of aliphatic imine (C=N–C) groups is 1. The van der Waals surface area contributed by atoms with E-state index >= 15 is 0 Å². The predicted octanol–water partition coefficient (Wildman–Crippen LogP) is 2.98. The molecule has 0 amide bonds. The van der Waals surface area contributed by atoms with Crippen molar-refractivity contribution in [3.63, 3.8) is 0 Å². The molecule has 0 bridgehead atoms. The minimum atomic E-state index is 0. The topological polar surface area (TPSA) is 72.1 Å². The van der Waals surface area contributed by atoms with Crippen LogP contribution in [0, 0.1) is 0 Å². The molecule has 9 heteroatoms. The zero-order valence-corrected chi connectivity index (χ0v) is 18.4. The molecule has 4 heterocycles. The highest BCUT2D eigenvalue weighted by molar-refractivity contribution is 14.0. The number of hydrogen-bond donors (Lipinski definition) is 1. The normalized spacial score (nSPS) is 23.3. The maximum atomic E-state index is 5.92. The molecule has 4 rings (SSSR count). The van der Waals surface area contributed by atoms with Gasteiger partial charge in [0.1, 0.15) is 12.4 Å². The van der Waals surface area contributed by atoms with E-state index in [4.69, 9.17) is 13.9 Å². The van der Waals surface area contributed by atoms with Crippen LogP contribution in [0.3, 0.4) is 0 Å². The minimum absolute atomic E-state index is 0. The molecule has 0 saturated carbocycles. The van der Waals surface area contributed by atoms with Crippen LogP contribution in [-0.4, -0.2) is 61.4 Å². The molecular weight excluding hydrogens is 479 g/mol. The first-order valence-electron chi connectivity index (χ1n) is 9.00. The molecule has 0 spiro atoms. The maximum absolute atomic E-state index is 5.92. The van der Waals surface area contributed by atoms with E-state index in [1.165, 1.54) is 0 Å². The van der Waals surface area contributed by atoms with Gasteiger partial charge in [0.15, 0.2) is 5.96 Å². The lowest BCUT2D eigenvalue weighted by atomic mass is 10.1. The number of hydrogen-bond acceptors (Lipinski definition) is 6. The van der Waals surface area contributed by atoms with E-state index in [1.54, 1.807) is 24.6 Å². The Morgan fingerprint density at radius 2 is 2.26 bits per heavy atom. The summed E-state index contributed by atoms with van der Waals surface area (Å²) in [5.74, 6) is 1.52. The Morgan fingerprint density at radius 3 is 3.00 bits per heavy atom. The molecule has 7 nitrogen and oxygen atoms in total. The average Bonchev–Trinajstić information content (AvgIpc) is 3.43. The van der Waals surface area contributed by atoms with Crippen molar-refractivity contribution in [1.29, 1.82) is 0 Å². The standard InChI is InChI=1S/C18H24N4O3S.HI/c1-19-18(22-6-8-24-15(11-22)14-4-2-7-23-14)20-10-13-12-25-17(21-13)16-5-3-9-26-16;/h3,5,9,12,14-15H,2,4,6-8,10-11H2,1H3,(H,19,20);1H. The zero-order chi connectivity index (χ0) is 17.8.